The summed E-state index contributed by atoms with van der Waals surface area (Å²) >= 11 is 5.64. The number of hydrogen-bond donors (Lipinski definition) is 0. The SMILES string of the molecule is Clc1ccc(Cn2nccn2)cn1. The molecule has 2 aromatic rings. The Kier molecular flexibility index (Phi) is 2.23. The second kappa shape index (κ2) is 3.53. The molecule has 0 radical (unpaired) electrons. The third kappa shape index (κ3) is 2.03. The maximum Gasteiger partial charge on any atom is 0.129 e. The second-order valence-corrected chi connectivity index (χ2v) is 2.94. The number of aromatic nitrogens is 4. The zero-order chi connectivity index (χ0) is 9.10. The normalized spacial score (nSPS) is 10.2. The molecule has 0 atom stereocenters. The maximum absolute atomic E-state index is 5.64. The van der Waals surface area contributed by atoms with Gasteiger partial charge in [0.25, 0.3) is 0 Å². The van der Waals surface area contributed by atoms with Gasteiger partial charge in [0, 0.05) is 6.20 Å². The summed E-state index contributed by atoms with van der Waals surface area (Å²) in [6.45, 7) is 0.622. The van der Waals surface area contributed by atoms with Crippen LogP contribution in [0.5, 0.6) is 0 Å². The Balaban J connectivity index is 2.15. The third-order valence-corrected chi connectivity index (χ3v) is 1.80. The molecule has 0 saturated carbocycles. The van der Waals surface area contributed by atoms with Crippen LogP contribution in [0.25, 0.3) is 0 Å². The van der Waals surface area contributed by atoms with Crippen molar-refractivity contribution in [1.82, 2.24) is 20.0 Å². The Morgan fingerprint density at radius 1 is 1.23 bits per heavy atom. The summed E-state index contributed by atoms with van der Waals surface area (Å²) < 4.78 is 0. The van der Waals surface area contributed by atoms with Gasteiger partial charge in [-0.1, -0.05) is 17.7 Å². The van der Waals surface area contributed by atoms with Gasteiger partial charge in [-0.3, -0.25) is 0 Å². The van der Waals surface area contributed by atoms with Crippen molar-refractivity contribution in [2.75, 3.05) is 0 Å². The topological polar surface area (TPSA) is 43.6 Å². The maximum atomic E-state index is 5.64. The van der Waals surface area contributed by atoms with E-state index in [9.17, 15) is 0 Å². The molecule has 0 aliphatic heterocycles. The summed E-state index contributed by atoms with van der Waals surface area (Å²) in [5.41, 5.74) is 1.03. The summed E-state index contributed by atoms with van der Waals surface area (Å²) in [5.74, 6) is 0. The summed E-state index contributed by atoms with van der Waals surface area (Å²) in [6, 6.07) is 3.65. The summed E-state index contributed by atoms with van der Waals surface area (Å²) in [7, 11) is 0. The summed E-state index contributed by atoms with van der Waals surface area (Å²) in [4.78, 5) is 5.54. The fourth-order valence-electron chi connectivity index (χ4n) is 0.988. The molecule has 0 fully saturated rings. The van der Waals surface area contributed by atoms with Crippen LogP contribution in [-0.2, 0) is 6.54 Å². The van der Waals surface area contributed by atoms with Crippen LogP contribution < -0.4 is 0 Å². The second-order valence-electron chi connectivity index (χ2n) is 2.55. The van der Waals surface area contributed by atoms with E-state index in [1.165, 1.54) is 0 Å². The van der Waals surface area contributed by atoms with E-state index in [0.717, 1.165) is 5.56 Å². The van der Waals surface area contributed by atoms with E-state index in [1.54, 1.807) is 29.5 Å². The molecule has 5 heteroatoms. The lowest BCUT2D eigenvalue weighted by Gasteiger charge is -1.98. The predicted molar refractivity (Wildman–Crippen MR) is 48.4 cm³/mol. The lowest BCUT2D eigenvalue weighted by atomic mass is 10.3. The van der Waals surface area contributed by atoms with E-state index in [1.807, 2.05) is 6.07 Å². The minimum atomic E-state index is 0.497. The van der Waals surface area contributed by atoms with Crippen LogP contribution >= 0.6 is 11.6 Å². The number of hydrogen-bond acceptors (Lipinski definition) is 3. The van der Waals surface area contributed by atoms with E-state index in [2.05, 4.69) is 15.2 Å². The molecule has 0 N–H and O–H groups in total. The van der Waals surface area contributed by atoms with Gasteiger partial charge in [-0.25, -0.2) is 4.98 Å². The van der Waals surface area contributed by atoms with Crippen LogP contribution in [0.2, 0.25) is 5.15 Å². The average molecular weight is 195 g/mol. The number of rotatable bonds is 2. The van der Waals surface area contributed by atoms with E-state index >= 15 is 0 Å². The largest absolute Gasteiger partial charge is 0.244 e. The standard InChI is InChI=1S/C8H7ClN4/c9-8-2-1-7(5-10-8)6-13-11-3-4-12-13/h1-5H,6H2. The van der Waals surface area contributed by atoms with Gasteiger partial charge in [0.05, 0.1) is 18.9 Å². The van der Waals surface area contributed by atoms with Crippen molar-refractivity contribution in [3.63, 3.8) is 0 Å². The highest BCUT2D eigenvalue weighted by atomic mass is 35.5. The van der Waals surface area contributed by atoms with Crippen molar-refractivity contribution in [2.45, 2.75) is 6.54 Å². The van der Waals surface area contributed by atoms with Crippen molar-refractivity contribution in [2.24, 2.45) is 0 Å². The lowest BCUT2D eigenvalue weighted by molar-refractivity contribution is 0.590. The van der Waals surface area contributed by atoms with E-state index in [4.69, 9.17) is 11.6 Å². The van der Waals surface area contributed by atoms with Crippen LogP contribution in [-0.4, -0.2) is 20.0 Å². The van der Waals surface area contributed by atoms with Crippen molar-refractivity contribution < 1.29 is 0 Å². The molecule has 2 heterocycles. The van der Waals surface area contributed by atoms with Gasteiger partial charge in [-0.2, -0.15) is 15.0 Å². The fourth-order valence-corrected chi connectivity index (χ4v) is 1.10. The molecule has 0 amide bonds. The van der Waals surface area contributed by atoms with Crippen molar-refractivity contribution in [1.29, 1.82) is 0 Å². The highest BCUT2D eigenvalue weighted by Gasteiger charge is 1.96. The molecule has 0 bridgehead atoms. The van der Waals surface area contributed by atoms with Crippen LogP contribution in [0, 0.1) is 0 Å². The quantitative estimate of drug-likeness (QED) is 0.679. The van der Waals surface area contributed by atoms with Gasteiger partial charge >= 0.3 is 0 Å². The Labute approximate surface area is 80.2 Å². The van der Waals surface area contributed by atoms with E-state index < -0.39 is 0 Å². The molecule has 66 valence electrons. The molecule has 4 nitrogen and oxygen atoms in total. The molecule has 0 spiro atoms. The predicted octanol–water partition coefficient (Wildman–Crippen LogP) is 1.37. The van der Waals surface area contributed by atoms with Gasteiger partial charge in [0.2, 0.25) is 0 Å². The first-order valence-electron chi connectivity index (χ1n) is 3.79. The van der Waals surface area contributed by atoms with Gasteiger partial charge < -0.3 is 0 Å². The smallest absolute Gasteiger partial charge is 0.129 e. The summed E-state index contributed by atoms with van der Waals surface area (Å²) in [6.07, 6.45) is 5.00. The third-order valence-electron chi connectivity index (χ3n) is 1.58. The van der Waals surface area contributed by atoms with Gasteiger partial charge in [0.1, 0.15) is 5.15 Å². The zero-order valence-electron chi connectivity index (χ0n) is 6.76. The van der Waals surface area contributed by atoms with Crippen LogP contribution in [0.4, 0.5) is 0 Å². The van der Waals surface area contributed by atoms with E-state index in [0.29, 0.717) is 11.7 Å². The Morgan fingerprint density at radius 3 is 2.62 bits per heavy atom. The molecule has 13 heavy (non-hydrogen) atoms. The molecule has 0 saturated heterocycles. The molecule has 0 aliphatic carbocycles. The minimum absolute atomic E-state index is 0.497. The lowest BCUT2D eigenvalue weighted by Crippen LogP contribution is -2.03. The van der Waals surface area contributed by atoms with E-state index in [-0.39, 0.29) is 0 Å². The first kappa shape index (κ1) is 8.19. The highest BCUT2D eigenvalue weighted by Crippen LogP contribution is 2.05. The average Bonchev–Trinajstić information content (AvgIpc) is 2.62. The van der Waals surface area contributed by atoms with Crippen LogP contribution in [0.1, 0.15) is 5.56 Å². The van der Waals surface area contributed by atoms with Gasteiger partial charge in [0.15, 0.2) is 0 Å². The molecular weight excluding hydrogens is 188 g/mol. The zero-order valence-corrected chi connectivity index (χ0v) is 7.52. The molecule has 0 unspecified atom stereocenters. The Morgan fingerprint density at radius 2 is 2.00 bits per heavy atom. The monoisotopic (exact) mass is 194 g/mol. The number of halogens is 1. The molecule has 0 aromatic carbocycles. The Bertz CT molecular complexity index is 368. The molecular formula is C8H7ClN4. The van der Waals surface area contributed by atoms with Crippen LogP contribution in [0.15, 0.2) is 30.7 Å². The molecule has 2 aromatic heterocycles. The van der Waals surface area contributed by atoms with Gasteiger partial charge in [-0.15, -0.1) is 0 Å². The molecule has 0 aliphatic rings. The minimum Gasteiger partial charge on any atom is -0.244 e. The van der Waals surface area contributed by atoms with Crippen molar-refractivity contribution in [3.05, 3.63) is 41.4 Å². The summed E-state index contributed by atoms with van der Waals surface area (Å²) in [5, 5.41) is 8.45. The first-order valence-corrected chi connectivity index (χ1v) is 4.17. The van der Waals surface area contributed by atoms with Gasteiger partial charge in [-0.05, 0) is 11.6 Å². The molecule has 2 rings (SSSR count). The fraction of sp³-hybridized carbons (Fsp3) is 0.125. The number of pyridine rings is 1. The first-order chi connectivity index (χ1) is 6.34. The number of nitrogens with zero attached hydrogens (tertiary/aromatic N) is 4. The van der Waals surface area contributed by atoms with Crippen molar-refractivity contribution in [3.8, 4) is 0 Å². The van der Waals surface area contributed by atoms with Crippen LogP contribution in [0.3, 0.4) is 0 Å². The Hall–Kier alpha value is -1.42. The highest BCUT2D eigenvalue weighted by molar-refractivity contribution is 6.29. The van der Waals surface area contributed by atoms with Crippen molar-refractivity contribution >= 4 is 11.6 Å².